The Balaban J connectivity index is 1.95. The summed E-state index contributed by atoms with van der Waals surface area (Å²) < 4.78 is 5.65. The fourth-order valence-corrected chi connectivity index (χ4v) is 2.43. The van der Waals surface area contributed by atoms with Crippen molar-refractivity contribution in [1.82, 2.24) is 5.32 Å². The molecule has 0 aromatic carbocycles. The fraction of sp³-hybridized carbons (Fsp3) is 1.00. The molecule has 1 atom stereocenters. The molecule has 70 valence electrons. The van der Waals surface area contributed by atoms with Crippen molar-refractivity contribution < 1.29 is 4.74 Å². The van der Waals surface area contributed by atoms with Crippen molar-refractivity contribution in [1.29, 1.82) is 0 Å². The largest absolute Gasteiger partial charge is 0.381 e. The first kappa shape index (κ1) is 8.52. The Labute approximate surface area is 74.7 Å². The highest BCUT2D eigenvalue weighted by molar-refractivity contribution is 4.86. The lowest BCUT2D eigenvalue weighted by Gasteiger charge is -2.36. The van der Waals surface area contributed by atoms with Crippen molar-refractivity contribution in [2.24, 2.45) is 5.41 Å². The number of hydrogen-bond acceptors (Lipinski definition) is 2. The van der Waals surface area contributed by atoms with Gasteiger partial charge in [-0.25, -0.2) is 0 Å². The van der Waals surface area contributed by atoms with Crippen molar-refractivity contribution in [2.75, 3.05) is 26.3 Å². The molecule has 12 heavy (non-hydrogen) atoms. The maximum Gasteiger partial charge on any atom is 0.0534 e. The van der Waals surface area contributed by atoms with Gasteiger partial charge in [0.2, 0.25) is 0 Å². The molecule has 2 fully saturated rings. The maximum atomic E-state index is 5.65. The van der Waals surface area contributed by atoms with Gasteiger partial charge in [0.05, 0.1) is 6.61 Å². The molecule has 2 rings (SSSR count). The summed E-state index contributed by atoms with van der Waals surface area (Å²) in [5.74, 6) is 0. The molecule has 1 unspecified atom stereocenters. The van der Waals surface area contributed by atoms with E-state index in [1.54, 1.807) is 0 Å². The number of piperidine rings is 1. The number of rotatable bonds is 0. The molecule has 1 N–H and O–H groups in total. The van der Waals surface area contributed by atoms with Gasteiger partial charge in [0.15, 0.2) is 0 Å². The van der Waals surface area contributed by atoms with Crippen LogP contribution in [-0.4, -0.2) is 26.3 Å². The van der Waals surface area contributed by atoms with Crippen LogP contribution in [0.5, 0.6) is 0 Å². The van der Waals surface area contributed by atoms with Gasteiger partial charge in [-0.1, -0.05) is 6.42 Å². The normalized spacial score (nSPS) is 38.0. The Hall–Kier alpha value is -0.0800. The summed E-state index contributed by atoms with van der Waals surface area (Å²) >= 11 is 0. The molecule has 2 aliphatic rings. The second-order valence-corrected chi connectivity index (χ2v) is 4.29. The predicted molar refractivity (Wildman–Crippen MR) is 49.2 cm³/mol. The summed E-state index contributed by atoms with van der Waals surface area (Å²) in [7, 11) is 0. The summed E-state index contributed by atoms with van der Waals surface area (Å²) in [4.78, 5) is 0. The standard InChI is InChI=1S/C10H19NO/c1-2-7-12-9-10(4-1)5-3-6-11-8-10/h11H,1-9H2. The molecule has 0 bridgehead atoms. The first-order valence-corrected chi connectivity index (χ1v) is 5.20. The van der Waals surface area contributed by atoms with Gasteiger partial charge >= 0.3 is 0 Å². The first-order valence-electron chi connectivity index (χ1n) is 5.20. The van der Waals surface area contributed by atoms with Crippen molar-refractivity contribution in [3.8, 4) is 0 Å². The van der Waals surface area contributed by atoms with Crippen LogP contribution < -0.4 is 5.32 Å². The molecular weight excluding hydrogens is 150 g/mol. The topological polar surface area (TPSA) is 21.3 Å². The van der Waals surface area contributed by atoms with Gasteiger partial charge in [-0.15, -0.1) is 0 Å². The van der Waals surface area contributed by atoms with Gasteiger partial charge in [-0.3, -0.25) is 0 Å². The van der Waals surface area contributed by atoms with Gasteiger partial charge < -0.3 is 10.1 Å². The SMILES string of the molecule is C1CCC2(CCCNC2)COC1. The minimum atomic E-state index is 0.509. The number of hydrogen-bond donors (Lipinski definition) is 1. The van der Waals surface area contributed by atoms with Gasteiger partial charge in [0.25, 0.3) is 0 Å². The van der Waals surface area contributed by atoms with Crippen LogP contribution in [0.1, 0.15) is 32.1 Å². The minimum Gasteiger partial charge on any atom is -0.381 e. The second-order valence-electron chi connectivity index (χ2n) is 4.29. The van der Waals surface area contributed by atoms with Crippen LogP contribution in [0.25, 0.3) is 0 Å². The Morgan fingerprint density at radius 2 is 2.00 bits per heavy atom. The molecule has 0 radical (unpaired) electrons. The zero-order valence-corrected chi connectivity index (χ0v) is 7.77. The number of ether oxygens (including phenoxy) is 1. The second kappa shape index (κ2) is 3.75. The third-order valence-corrected chi connectivity index (χ3v) is 3.21. The van der Waals surface area contributed by atoms with Crippen molar-refractivity contribution in [3.63, 3.8) is 0 Å². The monoisotopic (exact) mass is 169 g/mol. The van der Waals surface area contributed by atoms with E-state index in [-0.39, 0.29) is 0 Å². The van der Waals surface area contributed by atoms with E-state index >= 15 is 0 Å². The molecule has 2 nitrogen and oxygen atoms in total. The van der Waals surface area contributed by atoms with Crippen LogP contribution in [-0.2, 0) is 4.74 Å². The molecule has 2 saturated heterocycles. The van der Waals surface area contributed by atoms with E-state index in [1.807, 2.05) is 0 Å². The number of nitrogens with one attached hydrogen (secondary N) is 1. The van der Waals surface area contributed by atoms with Crippen LogP contribution in [0.3, 0.4) is 0 Å². The predicted octanol–water partition coefficient (Wildman–Crippen LogP) is 1.56. The van der Waals surface area contributed by atoms with Crippen LogP contribution in [0.4, 0.5) is 0 Å². The van der Waals surface area contributed by atoms with E-state index < -0.39 is 0 Å². The quantitative estimate of drug-likeness (QED) is 0.594. The molecule has 0 saturated carbocycles. The summed E-state index contributed by atoms with van der Waals surface area (Å²) in [5, 5.41) is 3.49. The maximum absolute atomic E-state index is 5.65. The average molecular weight is 169 g/mol. The van der Waals surface area contributed by atoms with Crippen molar-refractivity contribution >= 4 is 0 Å². The molecule has 0 amide bonds. The van der Waals surface area contributed by atoms with E-state index in [4.69, 9.17) is 4.74 Å². The van der Waals surface area contributed by atoms with Gasteiger partial charge in [0.1, 0.15) is 0 Å². The van der Waals surface area contributed by atoms with Crippen LogP contribution in [0, 0.1) is 5.41 Å². The fourth-order valence-electron chi connectivity index (χ4n) is 2.43. The molecule has 2 aliphatic heterocycles. The van der Waals surface area contributed by atoms with Crippen molar-refractivity contribution in [2.45, 2.75) is 32.1 Å². The van der Waals surface area contributed by atoms with Gasteiger partial charge in [-0.2, -0.15) is 0 Å². The zero-order valence-electron chi connectivity index (χ0n) is 7.77. The van der Waals surface area contributed by atoms with E-state index in [1.165, 1.54) is 45.2 Å². The molecule has 2 heterocycles. The van der Waals surface area contributed by atoms with E-state index in [0.717, 1.165) is 13.2 Å². The molecule has 0 aromatic heterocycles. The average Bonchev–Trinajstić information content (AvgIpc) is 2.33. The molecule has 0 aliphatic carbocycles. The van der Waals surface area contributed by atoms with Crippen LogP contribution in [0.15, 0.2) is 0 Å². The summed E-state index contributed by atoms with van der Waals surface area (Å²) in [6.07, 6.45) is 6.72. The summed E-state index contributed by atoms with van der Waals surface area (Å²) in [6, 6.07) is 0. The molecule has 0 aromatic rings. The van der Waals surface area contributed by atoms with E-state index in [9.17, 15) is 0 Å². The van der Waals surface area contributed by atoms with Gasteiger partial charge in [0, 0.05) is 18.6 Å². The summed E-state index contributed by atoms with van der Waals surface area (Å²) in [5.41, 5.74) is 0.509. The lowest BCUT2D eigenvalue weighted by Crippen LogP contribution is -2.42. The Morgan fingerprint density at radius 1 is 1.08 bits per heavy atom. The van der Waals surface area contributed by atoms with E-state index in [0.29, 0.717) is 5.41 Å². The Morgan fingerprint density at radius 3 is 2.83 bits per heavy atom. The van der Waals surface area contributed by atoms with Crippen LogP contribution >= 0.6 is 0 Å². The lowest BCUT2D eigenvalue weighted by molar-refractivity contribution is 0.0437. The highest BCUT2D eigenvalue weighted by atomic mass is 16.5. The first-order chi connectivity index (χ1) is 5.91. The smallest absolute Gasteiger partial charge is 0.0534 e. The summed E-state index contributed by atoms with van der Waals surface area (Å²) in [6.45, 7) is 4.39. The minimum absolute atomic E-state index is 0.509. The van der Waals surface area contributed by atoms with Crippen molar-refractivity contribution in [3.05, 3.63) is 0 Å². The van der Waals surface area contributed by atoms with Gasteiger partial charge in [-0.05, 0) is 32.2 Å². The zero-order chi connectivity index (χ0) is 8.28. The molecule has 1 spiro atoms. The third-order valence-electron chi connectivity index (χ3n) is 3.21. The highest BCUT2D eigenvalue weighted by Crippen LogP contribution is 2.34. The third kappa shape index (κ3) is 1.80. The van der Waals surface area contributed by atoms with E-state index in [2.05, 4.69) is 5.32 Å². The lowest BCUT2D eigenvalue weighted by atomic mass is 9.78. The Bertz CT molecular complexity index is 131. The van der Waals surface area contributed by atoms with Crippen LogP contribution in [0.2, 0.25) is 0 Å². The molecule has 2 heteroatoms. The highest BCUT2D eigenvalue weighted by Gasteiger charge is 2.32. The Kier molecular flexibility index (Phi) is 2.66. The molecular formula is C10H19NO.